The maximum absolute atomic E-state index is 10.5. The SMILES string of the molecule is CC(CC(=O)O)N1CCC(C)(C)C1. The zero-order valence-corrected chi connectivity index (χ0v) is 8.71. The van der Waals surface area contributed by atoms with Gasteiger partial charge in [0.15, 0.2) is 0 Å². The predicted molar refractivity (Wildman–Crippen MR) is 51.7 cm³/mol. The predicted octanol–water partition coefficient (Wildman–Crippen LogP) is 1.58. The van der Waals surface area contributed by atoms with Crippen LogP contribution in [0.5, 0.6) is 0 Å². The number of nitrogens with zero attached hydrogens (tertiary/aromatic N) is 1. The summed E-state index contributed by atoms with van der Waals surface area (Å²) in [4.78, 5) is 12.8. The molecule has 1 aliphatic rings. The quantitative estimate of drug-likeness (QED) is 0.725. The Kier molecular flexibility index (Phi) is 2.96. The molecule has 1 N–H and O–H groups in total. The van der Waals surface area contributed by atoms with Crippen LogP contribution in [-0.4, -0.2) is 35.1 Å². The maximum atomic E-state index is 10.5. The Morgan fingerprint density at radius 2 is 2.23 bits per heavy atom. The molecule has 0 aromatic rings. The van der Waals surface area contributed by atoms with Crippen molar-refractivity contribution < 1.29 is 9.90 Å². The van der Waals surface area contributed by atoms with E-state index in [0.29, 0.717) is 5.41 Å². The summed E-state index contributed by atoms with van der Waals surface area (Å²) in [7, 11) is 0. The largest absolute Gasteiger partial charge is 0.481 e. The van der Waals surface area contributed by atoms with Gasteiger partial charge >= 0.3 is 5.97 Å². The minimum atomic E-state index is -0.697. The molecule has 1 rings (SSSR count). The van der Waals surface area contributed by atoms with E-state index in [4.69, 9.17) is 5.11 Å². The van der Waals surface area contributed by atoms with Crippen molar-refractivity contribution in [3.8, 4) is 0 Å². The van der Waals surface area contributed by atoms with Crippen LogP contribution in [0, 0.1) is 5.41 Å². The van der Waals surface area contributed by atoms with E-state index in [1.807, 2.05) is 6.92 Å². The first kappa shape index (κ1) is 10.5. The van der Waals surface area contributed by atoms with Crippen LogP contribution >= 0.6 is 0 Å². The van der Waals surface area contributed by atoms with E-state index in [2.05, 4.69) is 18.7 Å². The van der Waals surface area contributed by atoms with Crippen LogP contribution in [0.15, 0.2) is 0 Å². The topological polar surface area (TPSA) is 40.5 Å². The number of carbonyl (C=O) groups is 1. The van der Waals surface area contributed by atoms with Gasteiger partial charge in [-0.1, -0.05) is 13.8 Å². The zero-order valence-electron chi connectivity index (χ0n) is 8.71. The van der Waals surface area contributed by atoms with E-state index < -0.39 is 5.97 Å². The number of likely N-dealkylation sites (tertiary alicyclic amines) is 1. The fourth-order valence-electron chi connectivity index (χ4n) is 1.91. The second-order valence-electron chi connectivity index (χ2n) is 4.83. The Labute approximate surface area is 79.7 Å². The normalized spacial score (nSPS) is 24.5. The Morgan fingerprint density at radius 1 is 1.62 bits per heavy atom. The van der Waals surface area contributed by atoms with Gasteiger partial charge in [0.25, 0.3) is 0 Å². The lowest BCUT2D eigenvalue weighted by Crippen LogP contribution is -2.33. The smallest absolute Gasteiger partial charge is 0.304 e. The highest BCUT2D eigenvalue weighted by molar-refractivity contribution is 5.67. The Bertz CT molecular complexity index is 201. The summed E-state index contributed by atoms with van der Waals surface area (Å²) >= 11 is 0. The van der Waals surface area contributed by atoms with Gasteiger partial charge in [0, 0.05) is 12.6 Å². The monoisotopic (exact) mass is 185 g/mol. The molecule has 13 heavy (non-hydrogen) atoms. The molecule has 0 spiro atoms. The minimum absolute atomic E-state index is 0.180. The van der Waals surface area contributed by atoms with Crippen molar-refractivity contribution in [3.05, 3.63) is 0 Å². The van der Waals surface area contributed by atoms with Gasteiger partial charge in [-0.25, -0.2) is 0 Å². The second kappa shape index (κ2) is 3.66. The molecule has 0 bridgehead atoms. The first-order valence-electron chi connectivity index (χ1n) is 4.86. The Morgan fingerprint density at radius 3 is 2.62 bits per heavy atom. The van der Waals surface area contributed by atoms with Gasteiger partial charge in [-0.3, -0.25) is 9.69 Å². The van der Waals surface area contributed by atoms with E-state index in [9.17, 15) is 4.79 Å². The first-order chi connectivity index (χ1) is 5.91. The lowest BCUT2D eigenvalue weighted by Gasteiger charge is -2.24. The highest BCUT2D eigenvalue weighted by Crippen LogP contribution is 2.30. The molecule has 0 aliphatic carbocycles. The number of carboxylic acid groups (broad SMARTS) is 1. The first-order valence-corrected chi connectivity index (χ1v) is 4.86. The molecule has 1 unspecified atom stereocenters. The summed E-state index contributed by atoms with van der Waals surface area (Å²) in [6.45, 7) is 8.54. The van der Waals surface area contributed by atoms with Crippen LogP contribution in [-0.2, 0) is 4.79 Å². The van der Waals surface area contributed by atoms with E-state index in [0.717, 1.165) is 13.1 Å². The third kappa shape index (κ3) is 2.99. The molecule has 0 radical (unpaired) electrons. The van der Waals surface area contributed by atoms with Crippen LogP contribution in [0.1, 0.15) is 33.6 Å². The summed E-state index contributed by atoms with van der Waals surface area (Å²) in [6, 6.07) is 0.180. The molecule has 0 amide bonds. The molecule has 0 aromatic heterocycles. The summed E-state index contributed by atoms with van der Waals surface area (Å²) in [5.41, 5.74) is 0.368. The van der Waals surface area contributed by atoms with Crippen molar-refractivity contribution >= 4 is 5.97 Å². The molecule has 0 aromatic carbocycles. The third-order valence-electron chi connectivity index (χ3n) is 2.80. The van der Waals surface area contributed by atoms with Crippen molar-refractivity contribution in [2.45, 2.75) is 39.7 Å². The highest BCUT2D eigenvalue weighted by Gasteiger charge is 2.32. The van der Waals surface area contributed by atoms with Gasteiger partial charge in [-0.2, -0.15) is 0 Å². The number of hydrogen-bond acceptors (Lipinski definition) is 2. The average molecular weight is 185 g/mol. The molecule has 3 nitrogen and oxygen atoms in total. The number of carboxylic acids is 1. The molecular weight excluding hydrogens is 166 g/mol. The van der Waals surface area contributed by atoms with Crippen molar-refractivity contribution in [1.29, 1.82) is 0 Å². The fourth-order valence-corrected chi connectivity index (χ4v) is 1.91. The van der Waals surface area contributed by atoms with E-state index in [-0.39, 0.29) is 12.5 Å². The minimum Gasteiger partial charge on any atom is -0.481 e. The van der Waals surface area contributed by atoms with E-state index in [1.54, 1.807) is 0 Å². The van der Waals surface area contributed by atoms with Crippen LogP contribution in [0.3, 0.4) is 0 Å². The lowest BCUT2D eigenvalue weighted by atomic mass is 9.93. The van der Waals surface area contributed by atoms with Crippen molar-refractivity contribution in [1.82, 2.24) is 4.90 Å². The van der Waals surface area contributed by atoms with Crippen LogP contribution in [0.4, 0.5) is 0 Å². The van der Waals surface area contributed by atoms with Crippen LogP contribution in [0.2, 0.25) is 0 Å². The molecule has 3 heteroatoms. The lowest BCUT2D eigenvalue weighted by molar-refractivity contribution is -0.138. The number of rotatable bonds is 3. The third-order valence-corrected chi connectivity index (χ3v) is 2.80. The van der Waals surface area contributed by atoms with Gasteiger partial charge in [0.2, 0.25) is 0 Å². The fraction of sp³-hybridized carbons (Fsp3) is 0.900. The van der Waals surface area contributed by atoms with Crippen molar-refractivity contribution in [2.75, 3.05) is 13.1 Å². The van der Waals surface area contributed by atoms with E-state index >= 15 is 0 Å². The molecule has 1 heterocycles. The molecule has 0 saturated carbocycles. The molecule has 1 fully saturated rings. The molecule has 76 valence electrons. The number of aliphatic carboxylic acids is 1. The Hall–Kier alpha value is -0.570. The standard InChI is InChI=1S/C10H19NO2/c1-8(6-9(12)13)11-5-4-10(2,3)7-11/h8H,4-7H2,1-3H3,(H,12,13). The Balaban J connectivity index is 2.42. The van der Waals surface area contributed by atoms with Crippen molar-refractivity contribution in [3.63, 3.8) is 0 Å². The summed E-state index contributed by atoms with van der Waals surface area (Å²) in [5, 5.41) is 8.65. The molecular formula is C10H19NO2. The van der Waals surface area contributed by atoms with Gasteiger partial charge in [0.1, 0.15) is 0 Å². The molecule has 1 atom stereocenters. The second-order valence-corrected chi connectivity index (χ2v) is 4.83. The van der Waals surface area contributed by atoms with Gasteiger partial charge in [-0.05, 0) is 25.3 Å². The summed E-state index contributed by atoms with van der Waals surface area (Å²) in [5.74, 6) is -0.697. The molecule has 1 saturated heterocycles. The van der Waals surface area contributed by atoms with E-state index in [1.165, 1.54) is 6.42 Å². The molecule has 1 aliphatic heterocycles. The van der Waals surface area contributed by atoms with Crippen molar-refractivity contribution in [2.24, 2.45) is 5.41 Å². The maximum Gasteiger partial charge on any atom is 0.304 e. The average Bonchev–Trinajstić information content (AvgIpc) is 2.28. The van der Waals surface area contributed by atoms with Gasteiger partial charge < -0.3 is 5.11 Å². The summed E-state index contributed by atoms with van der Waals surface area (Å²) in [6.07, 6.45) is 1.44. The van der Waals surface area contributed by atoms with Gasteiger partial charge in [0.05, 0.1) is 6.42 Å². The summed E-state index contributed by atoms with van der Waals surface area (Å²) < 4.78 is 0. The number of hydrogen-bond donors (Lipinski definition) is 1. The zero-order chi connectivity index (χ0) is 10.1. The van der Waals surface area contributed by atoms with Gasteiger partial charge in [-0.15, -0.1) is 0 Å². The highest BCUT2D eigenvalue weighted by atomic mass is 16.4. The van der Waals surface area contributed by atoms with Crippen LogP contribution < -0.4 is 0 Å². The van der Waals surface area contributed by atoms with Crippen LogP contribution in [0.25, 0.3) is 0 Å².